The lowest BCUT2D eigenvalue weighted by molar-refractivity contribution is 0.475. The van der Waals surface area contributed by atoms with Gasteiger partial charge in [-0.15, -0.1) is 0 Å². The maximum atomic E-state index is 9.49. The van der Waals surface area contributed by atoms with Crippen LogP contribution >= 0.6 is 15.9 Å². The van der Waals surface area contributed by atoms with Crippen molar-refractivity contribution in [1.82, 2.24) is 9.78 Å². The fraction of sp³-hybridized carbons (Fsp3) is 0.250. The van der Waals surface area contributed by atoms with E-state index in [0.717, 1.165) is 15.7 Å². The van der Waals surface area contributed by atoms with Gasteiger partial charge in [-0.3, -0.25) is 4.68 Å². The van der Waals surface area contributed by atoms with E-state index < -0.39 is 0 Å². The van der Waals surface area contributed by atoms with Gasteiger partial charge >= 0.3 is 0 Å². The third-order valence-corrected chi connectivity index (χ3v) is 2.94. The number of halogens is 1. The SMILES string of the molecule is CC(C)n1ncc(Br)c1-c1cccc(O)c1. The van der Waals surface area contributed by atoms with Crippen molar-refractivity contribution in [1.29, 1.82) is 0 Å². The first kappa shape index (κ1) is 11.2. The fourth-order valence-corrected chi connectivity index (χ4v) is 2.16. The molecule has 1 aromatic heterocycles. The van der Waals surface area contributed by atoms with Crippen molar-refractivity contribution in [3.63, 3.8) is 0 Å². The Balaban J connectivity index is 2.59. The molecule has 0 spiro atoms. The molecule has 0 saturated heterocycles. The van der Waals surface area contributed by atoms with Gasteiger partial charge in [0.2, 0.25) is 0 Å². The predicted octanol–water partition coefficient (Wildman–Crippen LogP) is 3.60. The largest absolute Gasteiger partial charge is 0.508 e. The van der Waals surface area contributed by atoms with Gasteiger partial charge in [-0.25, -0.2) is 0 Å². The molecular weight excluding hydrogens is 268 g/mol. The molecule has 0 amide bonds. The van der Waals surface area contributed by atoms with Crippen LogP contribution in [-0.4, -0.2) is 14.9 Å². The Labute approximate surface area is 103 Å². The second kappa shape index (κ2) is 4.29. The van der Waals surface area contributed by atoms with Crippen LogP contribution in [-0.2, 0) is 0 Å². The van der Waals surface area contributed by atoms with Gasteiger partial charge in [0, 0.05) is 11.6 Å². The van der Waals surface area contributed by atoms with Gasteiger partial charge < -0.3 is 5.11 Å². The van der Waals surface area contributed by atoms with Crippen molar-refractivity contribution in [2.24, 2.45) is 0 Å². The summed E-state index contributed by atoms with van der Waals surface area (Å²) >= 11 is 3.48. The molecule has 0 aliphatic heterocycles. The highest BCUT2D eigenvalue weighted by molar-refractivity contribution is 9.10. The van der Waals surface area contributed by atoms with Gasteiger partial charge in [0.05, 0.1) is 16.4 Å². The minimum Gasteiger partial charge on any atom is -0.508 e. The zero-order chi connectivity index (χ0) is 11.7. The molecule has 0 unspecified atom stereocenters. The second-order valence-corrected chi connectivity index (χ2v) is 4.78. The molecule has 2 rings (SSSR count). The highest BCUT2D eigenvalue weighted by Gasteiger charge is 2.13. The topological polar surface area (TPSA) is 38.0 Å². The third-order valence-electron chi connectivity index (χ3n) is 2.36. The Kier molecular flexibility index (Phi) is 3.01. The number of phenolic OH excluding ortho intramolecular Hbond substituents is 1. The van der Waals surface area contributed by atoms with Crippen LogP contribution in [0.15, 0.2) is 34.9 Å². The van der Waals surface area contributed by atoms with Crippen LogP contribution in [0.5, 0.6) is 5.75 Å². The summed E-state index contributed by atoms with van der Waals surface area (Å²) in [5.74, 6) is 0.265. The van der Waals surface area contributed by atoms with Gasteiger partial charge in [0.1, 0.15) is 5.75 Å². The van der Waals surface area contributed by atoms with Gasteiger partial charge in [-0.1, -0.05) is 12.1 Å². The van der Waals surface area contributed by atoms with E-state index in [-0.39, 0.29) is 11.8 Å². The molecule has 1 heterocycles. The lowest BCUT2D eigenvalue weighted by Crippen LogP contribution is -2.04. The van der Waals surface area contributed by atoms with E-state index >= 15 is 0 Å². The van der Waals surface area contributed by atoms with Crippen LogP contribution in [0.1, 0.15) is 19.9 Å². The summed E-state index contributed by atoms with van der Waals surface area (Å²) in [6, 6.07) is 7.46. The first-order chi connectivity index (χ1) is 7.59. The Morgan fingerprint density at radius 2 is 2.12 bits per heavy atom. The monoisotopic (exact) mass is 280 g/mol. The van der Waals surface area contributed by atoms with Gasteiger partial charge in [0.15, 0.2) is 0 Å². The molecule has 0 aliphatic carbocycles. The Bertz CT molecular complexity index is 505. The molecular formula is C12H13BrN2O. The number of benzene rings is 1. The number of aromatic hydroxyl groups is 1. The number of hydrogen-bond acceptors (Lipinski definition) is 2. The average molecular weight is 281 g/mol. The molecule has 1 N–H and O–H groups in total. The lowest BCUT2D eigenvalue weighted by atomic mass is 10.1. The number of hydrogen-bond donors (Lipinski definition) is 1. The summed E-state index contributed by atoms with van der Waals surface area (Å²) in [6.45, 7) is 4.15. The van der Waals surface area contributed by atoms with E-state index in [9.17, 15) is 5.11 Å². The molecule has 4 heteroatoms. The highest BCUT2D eigenvalue weighted by atomic mass is 79.9. The quantitative estimate of drug-likeness (QED) is 0.913. The molecule has 0 saturated carbocycles. The van der Waals surface area contributed by atoms with Crippen molar-refractivity contribution in [2.75, 3.05) is 0 Å². The van der Waals surface area contributed by atoms with Crippen LogP contribution in [0.4, 0.5) is 0 Å². The van der Waals surface area contributed by atoms with E-state index in [4.69, 9.17) is 0 Å². The molecule has 0 radical (unpaired) electrons. The molecule has 0 atom stereocenters. The molecule has 2 aromatic rings. The standard InChI is InChI=1S/C12H13BrN2O/c1-8(2)15-12(11(13)7-14-15)9-4-3-5-10(16)6-9/h3-8,16H,1-2H3. The van der Waals surface area contributed by atoms with Gasteiger partial charge in [0.25, 0.3) is 0 Å². The summed E-state index contributed by atoms with van der Waals surface area (Å²) in [5, 5.41) is 13.8. The first-order valence-electron chi connectivity index (χ1n) is 5.12. The van der Waals surface area contributed by atoms with Crippen molar-refractivity contribution < 1.29 is 5.11 Å². The van der Waals surface area contributed by atoms with Crippen molar-refractivity contribution in [3.05, 3.63) is 34.9 Å². The Morgan fingerprint density at radius 3 is 2.75 bits per heavy atom. The first-order valence-corrected chi connectivity index (χ1v) is 5.91. The zero-order valence-corrected chi connectivity index (χ0v) is 10.8. The lowest BCUT2D eigenvalue weighted by Gasteiger charge is -2.11. The minimum absolute atomic E-state index is 0.265. The van der Waals surface area contributed by atoms with Crippen LogP contribution in [0.2, 0.25) is 0 Å². The van der Waals surface area contributed by atoms with Crippen molar-refractivity contribution in [2.45, 2.75) is 19.9 Å². The molecule has 0 fully saturated rings. The summed E-state index contributed by atoms with van der Waals surface area (Å²) in [6.07, 6.45) is 1.78. The third kappa shape index (κ3) is 1.97. The van der Waals surface area contributed by atoms with Crippen molar-refractivity contribution >= 4 is 15.9 Å². The van der Waals surface area contributed by atoms with Crippen LogP contribution in [0.3, 0.4) is 0 Å². The number of nitrogens with zero attached hydrogens (tertiary/aromatic N) is 2. The van der Waals surface area contributed by atoms with Crippen LogP contribution in [0, 0.1) is 0 Å². The Hall–Kier alpha value is -1.29. The zero-order valence-electron chi connectivity index (χ0n) is 9.18. The Morgan fingerprint density at radius 1 is 1.38 bits per heavy atom. The number of rotatable bonds is 2. The smallest absolute Gasteiger partial charge is 0.116 e. The molecule has 84 valence electrons. The fourth-order valence-electron chi connectivity index (χ4n) is 1.66. The van der Waals surface area contributed by atoms with Crippen molar-refractivity contribution in [3.8, 4) is 17.0 Å². The summed E-state index contributed by atoms with van der Waals surface area (Å²) < 4.78 is 2.87. The predicted molar refractivity (Wildman–Crippen MR) is 67.4 cm³/mol. The van der Waals surface area contributed by atoms with Gasteiger partial charge in [-0.05, 0) is 41.9 Å². The number of phenols is 1. The molecule has 3 nitrogen and oxygen atoms in total. The molecule has 1 aromatic carbocycles. The van der Waals surface area contributed by atoms with E-state index in [2.05, 4.69) is 34.9 Å². The van der Waals surface area contributed by atoms with Crippen LogP contribution in [0.25, 0.3) is 11.3 Å². The van der Waals surface area contributed by atoms with Gasteiger partial charge in [-0.2, -0.15) is 5.10 Å². The molecule has 16 heavy (non-hydrogen) atoms. The summed E-state index contributed by atoms with van der Waals surface area (Å²) in [4.78, 5) is 0. The highest BCUT2D eigenvalue weighted by Crippen LogP contribution is 2.31. The minimum atomic E-state index is 0.265. The summed E-state index contributed by atoms with van der Waals surface area (Å²) in [7, 11) is 0. The van der Waals surface area contributed by atoms with E-state index in [1.807, 2.05) is 16.8 Å². The normalized spacial score (nSPS) is 11.0. The molecule has 0 bridgehead atoms. The molecule has 0 aliphatic rings. The summed E-state index contributed by atoms with van der Waals surface area (Å²) in [5.41, 5.74) is 1.95. The average Bonchev–Trinajstić information content (AvgIpc) is 2.60. The van der Waals surface area contributed by atoms with E-state index in [1.54, 1.807) is 18.3 Å². The van der Waals surface area contributed by atoms with E-state index in [0.29, 0.717) is 0 Å². The van der Waals surface area contributed by atoms with E-state index in [1.165, 1.54) is 0 Å². The maximum absolute atomic E-state index is 9.49. The number of aromatic nitrogens is 2. The maximum Gasteiger partial charge on any atom is 0.116 e. The second-order valence-electron chi connectivity index (χ2n) is 3.93. The van der Waals surface area contributed by atoms with Crippen LogP contribution < -0.4 is 0 Å².